The van der Waals surface area contributed by atoms with Gasteiger partial charge in [-0.25, -0.2) is 33.0 Å². The van der Waals surface area contributed by atoms with Crippen LogP contribution in [0.4, 0.5) is 13.2 Å². The van der Waals surface area contributed by atoms with Gasteiger partial charge in [0.2, 0.25) is 0 Å². The molecule has 4 heterocycles. The highest BCUT2D eigenvalue weighted by Crippen LogP contribution is 2.43. The molecule has 1 aromatic heterocycles. The summed E-state index contributed by atoms with van der Waals surface area (Å²) >= 11 is 1.32. The first-order valence-electron chi connectivity index (χ1n) is 14.5. The Morgan fingerprint density at radius 3 is 2.70 bits per heavy atom. The number of hydrogen-bond acceptors (Lipinski definition) is 10. The number of hydrazine groups is 1. The fourth-order valence-electron chi connectivity index (χ4n) is 6.13. The standard InChI is InChI=1S/C30H37F3N6O4S/c1-6-43-27(40)22-20(35-25(26-34-11-13-44-26)36-23(22)18-8-7-9-19(31)17(18)2)14-38-16-30(32,33)24-21(38)15-37(5)39(24)12-10-29(3,4)28(41)42/h7-9,11,13,21,23-24H,6,10,12,14-16H2,1-5H3,(H,35,36)(H,41,42)/t21-,23+,24+/m1/s1. The maximum Gasteiger partial charge on any atom is 0.338 e. The van der Waals surface area contributed by atoms with Crippen molar-refractivity contribution in [1.82, 2.24) is 25.2 Å². The zero-order valence-corrected chi connectivity index (χ0v) is 26.1. The molecule has 3 aliphatic heterocycles. The number of carbonyl (C=O) groups excluding carboxylic acids is 1. The molecule has 44 heavy (non-hydrogen) atoms. The smallest absolute Gasteiger partial charge is 0.338 e. The number of aliphatic carboxylic acids is 1. The molecule has 2 aromatic rings. The van der Waals surface area contributed by atoms with E-state index in [2.05, 4.69) is 10.3 Å². The third-order valence-electron chi connectivity index (χ3n) is 8.66. The monoisotopic (exact) mass is 634 g/mol. The van der Waals surface area contributed by atoms with Crippen LogP contribution in [0.1, 0.15) is 49.4 Å². The fraction of sp³-hybridized carbons (Fsp3) is 0.533. The largest absolute Gasteiger partial charge is 0.481 e. The van der Waals surface area contributed by atoms with Gasteiger partial charge in [-0.2, -0.15) is 0 Å². The molecule has 1 aromatic carbocycles. The molecule has 238 valence electrons. The molecule has 0 radical (unpaired) electrons. The van der Waals surface area contributed by atoms with Crippen LogP contribution in [0.15, 0.2) is 46.0 Å². The van der Waals surface area contributed by atoms with Crippen LogP contribution >= 0.6 is 11.3 Å². The molecule has 2 N–H and O–H groups in total. The lowest BCUT2D eigenvalue weighted by molar-refractivity contribution is -0.149. The van der Waals surface area contributed by atoms with Crippen molar-refractivity contribution in [2.75, 3.05) is 39.8 Å². The second kappa shape index (κ2) is 12.2. The molecule has 10 nitrogen and oxygen atoms in total. The molecule has 0 amide bonds. The van der Waals surface area contributed by atoms with E-state index in [1.165, 1.54) is 17.4 Å². The number of carbonyl (C=O) groups is 2. The number of carboxylic acid groups (broad SMARTS) is 1. The van der Waals surface area contributed by atoms with Gasteiger partial charge in [-0.1, -0.05) is 12.1 Å². The van der Waals surface area contributed by atoms with Gasteiger partial charge in [0.25, 0.3) is 5.92 Å². The molecule has 5 rings (SSSR count). The first-order valence-corrected chi connectivity index (χ1v) is 15.4. The Morgan fingerprint density at radius 2 is 2.05 bits per heavy atom. The zero-order valence-electron chi connectivity index (χ0n) is 25.3. The van der Waals surface area contributed by atoms with Crippen LogP contribution in [-0.2, 0) is 14.3 Å². The predicted molar refractivity (Wildman–Crippen MR) is 159 cm³/mol. The molecule has 2 saturated heterocycles. The molecule has 0 bridgehead atoms. The number of fused-ring (bicyclic) bond motifs is 1. The summed E-state index contributed by atoms with van der Waals surface area (Å²) in [5.74, 6) is -4.89. The predicted octanol–water partition coefficient (Wildman–Crippen LogP) is 3.85. The highest BCUT2D eigenvalue weighted by atomic mass is 32.1. The van der Waals surface area contributed by atoms with E-state index in [1.54, 1.807) is 73.4 Å². The van der Waals surface area contributed by atoms with Gasteiger partial charge >= 0.3 is 11.9 Å². The summed E-state index contributed by atoms with van der Waals surface area (Å²) in [6, 6.07) is 1.81. The first kappa shape index (κ1) is 32.1. The minimum absolute atomic E-state index is 0.0531. The van der Waals surface area contributed by atoms with Gasteiger partial charge in [-0.05, 0) is 51.3 Å². The minimum Gasteiger partial charge on any atom is -0.481 e. The number of amidine groups is 1. The number of thiazole rings is 1. The highest BCUT2D eigenvalue weighted by Gasteiger charge is 2.61. The van der Waals surface area contributed by atoms with E-state index in [1.807, 2.05) is 0 Å². The molecule has 14 heteroatoms. The number of rotatable bonds is 10. The lowest BCUT2D eigenvalue weighted by Crippen LogP contribution is -2.49. The molecule has 3 aliphatic rings. The Balaban J connectivity index is 1.53. The first-order chi connectivity index (χ1) is 20.7. The highest BCUT2D eigenvalue weighted by molar-refractivity contribution is 7.11. The van der Waals surface area contributed by atoms with Crippen molar-refractivity contribution in [3.8, 4) is 0 Å². The molecule has 0 unspecified atom stereocenters. The lowest BCUT2D eigenvalue weighted by atomic mass is 9.89. The molecular formula is C30H37F3N6O4S. The maximum atomic E-state index is 15.8. The van der Waals surface area contributed by atoms with Crippen LogP contribution in [-0.4, -0.2) is 101 Å². The van der Waals surface area contributed by atoms with E-state index in [-0.39, 0.29) is 38.2 Å². The summed E-state index contributed by atoms with van der Waals surface area (Å²) in [6.07, 6.45) is 1.80. The van der Waals surface area contributed by atoms with Crippen molar-refractivity contribution in [2.45, 2.75) is 58.2 Å². The Morgan fingerprint density at radius 1 is 1.30 bits per heavy atom. The number of likely N-dealkylation sites (N-methyl/N-ethyl adjacent to an activating group) is 1. The van der Waals surface area contributed by atoms with Crippen molar-refractivity contribution in [2.24, 2.45) is 10.4 Å². The number of esters is 1. The Hall–Kier alpha value is -3.33. The summed E-state index contributed by atoms with van der Waals surface area (Å²) < 4.78 is 51.8. The molecular weight excluding hydrogens is 597 g/mol. The number of aliphatic imine (C=N–C) groups is 1. The average Bonchev–Trinajstić information content (AvgIpc) is 3.66. The van der Waals surface area contributed by atoms with Crippen LogP contribution in [0.5, 0.6) is 0 Å². The van der Waals surface area contributed by atoms with Gasteiger partial charge in [0.1, 0.15) is 17.9 Å². The van der Waals surface area contributed by atoms with E-state index in [4.69, 9.17) is 9.73 Å². The van der Waals surface area contributed by atoms with Crippen LogP contribution < -0.4 is 5.32 Å². The molecule has 0 aliphatic carbocycles. The van der Waals surface area contributed by atoms with Crippen molar-refractivity contribution in [3.63, 3.8) is 0 Å². The third-order valence-corrected chi connectivity index (χ3v) is 9.44. The summed E-state index contributed by atoms with van der Waals surface area (Å²) in [5.41, 5.74) is 0.153. The molecule has 0 saturated carbocycles. The molecule has 0 spiro atoms. The Kier molecular flexibility index (Phi) is 8.91. The SMILES string of the molecule is CCOC(=O)C1=C(CN2CC(F)(F)[C@@H]3[C@H]2CN(C)N3CCC(C)(C)C(=O)O)NC(c2nccs2)=N[C@H]1c1cccc(F)c1C. The number of benzene rings is 1. The van der Waals surface area contributed by atoms with Crippen molar-refractivity contribution in [3.05, 3.63) is 63.0 Å². The van der Waals surface area contributed by atoms with Crippen molar-refractivity contribution in [1.29, 1.82) is 0 Å². The average molecular weight is 635 g/mol. The number of nitrogens with zero attached hydrogens (tertiary/aromatic N) is 5. The Labute approximate surface area is 258 Å². The number of halogens is 3. The van der Waals surface area contributed by atoms with E-state index in [0.29, 0.717) is 27.7 Å². The van der Waals surface area contributed by atoms with Crippen LogP contribution in [0.2, 0.25) is 0 Å². The quantitative estimate of drug-likeness (QED) is 0.377. The third kappa shape index (κ3) is 6.00. The number of ether oxygens (including phenoxy) is 1. The van der Waals surface area contributed by atoms with E-state index in [9.17, 15) is 19.1 Å². The number of nitrogens with one attached hydrogen (secondary N) is 1. The van der Waals surface area contributed by atoms with Gasteiger partial charge in [-0.3, -0.25) is 14.7 Å². The molecule has 3 atom stereocenters. The number of hydrogen-bond donors (Lipinski definition) is 2. The van der Waals surface area contributed by atoms with Crippen molar-refractivity contribution >= 4 is 29.1 Å². The summed E-state index contributed by atoms with van der Waals surface area (Å²) in [7, 11) is 1.72. The van der Waals surface area contributed by atoms with E-state index in [0.717, 1.165) is 0 Å². The minimum atomic E-state index is -3.12. The normalized spacial score (nSPS) is 24.3. The fourth-order valence-corrected chi connectivity index (χ4v) is 6.72. The molecule has 2 fully saturated rings. The van der Waals surface area contributed by atoms with Gasteiger partial charge in [0.15, 0.2) is 10.8 Å². The van der Waals surface area contributed by atoms with Gasteiger partial charge < -0.3 is 15.2 Å². The summed E-state index contributed by atoms with van der Waals surface area (Å²) in [5, 5.41) is 18.4. The van der Waals surface area contributed by atoms with Crippen LogP contribution in [0, 0.1) is 18.2 Å². The van der Waals surface area contributed by atoms with E-state index >= 15 is 8.78 Å². The summed E-state index contributed by atoms with van der Waals surface area (Å²) in [4.78, 5) is 36.0. The maximum absolute atomic E-state index is 15.8. The zero-order chi connectivity index (χ0) is 32.0. The number of carboxylic acids is 1. The number of likely N-dealkylation sites (tertiary alicyclic amines) is 1. The van der Waals surface area contributed by atoms with Gasteiger partial charge in [-0.15, -0.1) is 11.3 Å². The second-order valence-electron chi connectivity index (χ2n) is 12.0. The number of alkyl halides is 2. The van der Waals surface area contributed by atoms with Crippen LogP contribution in [0.25, 0.3) is 0 Å². The van der Waals surface area contributed by atoms with Crippen molar-refractivity contribution < 1.29 is 32.6 Å². The number of aromatic nitrogens is 1. The van der Waals surface area contributed by atoms with Gasteiger partial charge in [0, 0.05) is 50.0 Å². The second-order valence-corrected chi connectivity index (χ2v) is 12.9. The Bertz CT molecular complexity index is 1480. The summed E-state index contributed by atoms with van der Waals surface area (Å²) in [6.45, 7) is 6.33. The van der Waals surface area contributed by atoms with Gasteiger partial charge in [0.05, 0.1) is 24.1 Å². The topological polar surface area (TPSA) is 111 Å². The van der Waals surface area contributed by atoms with E-state index < -0.39 is 53.8 Å². The van der Waals surface area contributed by atoms with Crippen LogP contribution in [0.3, 0.4) is 0 Å². The lowest BCUT2D eigenvalue weighted by Gasteiger charge is -2.33.